The molecule has 0 spiro atoms. The Kier molecular flexibility index (Phi) is 4.18. The van der Waals surface area contributed by atoms with Gasteiger partial charge in [0.2, 0.25) is 0 Å². The van der Waals surface area contributed by atoms with E-state index in [1.807, 2.05) is 31.2 Å². The van der Waals surface area contributed by atoms with Crippen LogP contribution in [0.2, 0.25) is 0 Å². The van der Waals surface area contributed by atoms with Gasteiger partial charge in [-0.1, -0.05) is 24.3 Å². The number of alkyl halides is 3. The second-order valence-corrected chi connectivity index (χ2v) is 6.88. The van der Waals surface area contributed by atoms with Crippen LogP contribution in [0.3, 0.4) is 0 Å². The quantitative estimate of drug-likeness (QED) is 0.636. The van der Waals surface area contributed by atoms with Crippen LogP contribution in [0.5, 0.6) is 11.5 Å². The average molecular weight is 387 g/mol. The number of rotatable bonds is 3. The number of carbonyl (C=O) groups is 1. The topological polar surface area (TPSA) is 47.6 Å². The summed E-state index contributed by atoms with van der Waals surface area (Å²) in [6, 6.07) is 15.7. The molecule has 144 valence electrons. The molecule has 1 aliphatic heterocycles. The zero-order valence-electron chi connectivity index (χ0n) is 14.8. The minimum absolute atomic E-state index is 0.115. The van der Waals surface area contributed by atoms with Gasteiger partial charge in [-0.2, -0.15) is 13.2 Å². The first-order chi connectivity index (χ1) is 13.2. The smallest absolute Gasteiger partial charge is 0.416 e. The van der Waals surface area contributed by atoms with Crippen molar-refractivity contribution in [2.24, 2.45) is 0 Å². The van der Waals surface area contributed by atoms with Crippen molar-refractivity contribution >= 4 is 16.9 Å². The third-order valence-electron chi connectivity index (χ3n) is 4.72. The highest BCUT2D eigenvalue weighted by atomic mass is 19.4. The molecule has 1 amide bonds. The summed E-state index contributed by atoms with van der Waals surface area (Å²) in [5, 5.41) is 4.57. The fourth-order valence-electron chi connectivity index (χ4n) is 3.17. The van der Waals surface area contributed by atoms with Gasteiger partial charge in [0.15, 0.2) is 0 Å². The fraction of sp³-hybridized carbons (Fsp3) is 0.190. The lowest BCUT2D eigenvalue weighted by Gasteiger charge is -2.22. The van der Waals surface area contributed by atoms with E-state index in [-0.39, 0.29) is 12.4 Å². The molecule has 1 heterocycles. The number of benzene rings is 3. The number of cyclic esters (lactones) is 1. The van der Waals surface area contributed by atoms with Crippen molar-refractivity contribution in [3.63, 3.8) is 0 Å². The first kappa shape index (κ1) is 18.2. The van der Waals surface area contributed by atoms with E-state index in [1.54, 1.807) is 12.1 Å². The molecule has 1 atom stereocenters. The van der Waals surface area contributed by atoms with Crippen molar-refractivity contribution in [1.29, 1.82) is 0 Å². The summed E-state index contributed by atoms with van der Waals surface area (Å²) in [5.41, 5.74) is -0.458. The van der Waals surface area contributed by atoms with Crippen molar-refractivity contribution in [1.82, 2.24) is 5.32 Å². The van der Waals surface area contributed by atoms with Crippen LogP contribution in [0.15, 0.2) is 60.7 Å². The molecular weight excluding hydrogens is 371 g/mol. The van der Waals surface area contributed by atoms with E-state index in [0.29, 0.717) is 5.75 Å². The van der Waals surface area contributed by atoms with E-state index in [0.717, 1.165) is 28.5 Å². The van der Waals surface area contributed by atoms with Crippen molar-refractivity contribution in [3.05, 3.63) is 71.8 Å². The zero-order chi connectivity index (χ0) is 19.9. The average Bonchev–Trinajstić information content (AvgIpc) is 3.01. The molecule has 1 N–H and O–H groups in total. The second kappa shape index (κ2) is 6.44. The molecule has 4 nitrogen and oxygen atoms in total. The SMILES string of the molecule is CC1(c2ccc3cc(Oc4cccc(C(F)(F)F)c4)ccc3c2)COC(=O)N1. The molecule has 7 heteroatoms. The van der Waals surface area contributed by atoms with Crippen molar-refractivity contribution in [2.75, 3.05) is 6.61 Å². The van der Waals surface area contributed by atoms with E-state index in [1.165, 1.54) is 12.1 Å². The number of alkyl carbamates (subject to hydrolysis) is 1. The minimum Gasteiger partial charge on any atom is -0.457 e. The first-order valence-corrected chi connectivity index (χ1v) is 8.57. The molecule has 0 radical (unpaired) electrons. The number of fused-ring (bicyclic) bond motifs is 1. The molecular formula is C21H16F3NO3. The molecule has 0 aromatic heterocycles. The number of hydrogen-bond acceptors (Lipinski definition) is 3. The van der Waals surface area contributed by atoms with Gasteiger partial charge in [-0.15, -0.1) is 0 Å². The predicted octanol–water partition coefficient (Wildman–Crippen LogP) is 5.61. The van der Waals surface area contributed by atoms with E-state index in [9.17, 15) is 18.0 Å². The summed E-state index contributed by atoms with van der Waals surface area (Å²) in [5.74, 6) is 0.549. The Morgan fingerprint density at radius 3 is 2.43 bits per heavy atom. The molecule has 3 aromatic carbocycles. The molecule has 0 saturated carbocycles. The maximum Gasteiger partial charge on any atom is 0.416 e. The molecule has 1 unspecified atom stereocenters. The highest BCUT2D eigenvalue weighted by Crippen LogP contribution is 2.34. The zero-order valence-corrected chi connectivity index (χ0v) is 14.8. The van der Waals surface area contributed by atoms with Gasteiger partial charge >= 0.3 is 12.3 Å². The maximum atomic E-state index is 12.8. The number of nitrogens with one attached hydrogen (secondary N) is 1. The lowest BCUT2D eigenvalue weighted by Crippen LogP contribution is -2.37. The van der Waals surface area contributed by atoms with Crippen LogP contribution in [-0.4, -0.2) is 12.7 Å². The molecule has 0 aliphatic carbocycles. The summed E-state index contributed by atoms with van der Waals surface area (Å²) >= 11 is 0. The Hall–Kier alpha value is -3.22. The van der Waals surface area contributed by atoms with Crippen molar-refractivity contribution < 1.29 is 27.4 Å². The lowest BCUT2D eigenvalue weighted by atomic mass is 9.91. The van der Waals surface area contributed by atoms with Crippen LogP contribution in [0.4, 0.5) is 18.0 Å². The Morgan fingerprint density at radius 2 is 1.71 bits per heavy atom. The van der Waals surface area contributed by atoms with Gasteiger partial charge < -0.3 is 14.8 Å². The van der Waals surface area contributed by atoms with Gasteiger partial charge in [-0.05, 0) is 59.7 Å². The number of halogens is 3. The van der Waals surface area contributed by atoms with Gasteiger partial charge in [-0.3, -0.25) is 0 Å². The summed E-state index contributed by atoms with van der Waals surface area (Å²) in [7, 11) is 0. The van der Waals surface area contributed by atoms with Gasteiger partial charge in [0.1, 0.15) is 18.1 Å². The third kappa shape index (κ3) is 3.47. The molecule has 1 aliphatic rings. The van der Waals surface area contributed by atoms with Gasteiger partial charge in [0, 0.05) is 0 Å². The second-order valence-electron chi connectivity index (χ2n) is 6.88. The van der Waals surface area contributed by atoms with E-state index < -0.39 is 23.4 Å². The number of amides is 1. The van der Waals surface area contributed by atoms with Crippen LogP contribution >= 0.6 is 0 Å². The molecule has 0 bridgehead atoms. The molecule has 1 saturated heterocycles. The number of hydrogen-bond donors (Lipinski definition) is 1. The van der Waals surface area contributed by atoms with E-state index >= 15 is 0 Å². The van der Waals surface area contributed by atoms with Crippen LogP contribution in [0.1, 0.15) is 18.1 Å². The monoisotopic (exact) mass is 387 g/mol. The van der Waals surface area contributed by atoms with Crippen LogP contribution in [0.25, 0.3) is 10.8 Å². The number of ether oxygens (including phenoxy) is 2. The largest absolute Gasteiger partial charge is 0.457 e. The lowest BCUT2D eigenvalue weighted by molar-refractivity contribution is -0.137. The Labute approximate surface area is 158 Å². The van der Waals surface area contributed by atoms with Gasteiger partial charge in [0.25, 0.3) is 0 Å². The van der Waals surface area contributed by atoms with Gasteiger partial charge in [0.05, 0.1) is 11.1 Å². The summed E-state index contributed by atoms with van der Waals surface area (Å²) in [6.07, 6.45) is -4.87. The van der Waals surface area contributed by atoms with Crippen molar-refractivity contribution in [3.8, 4) is 11.5 Å². The summed E-state index contributed by atoms with van der Waals surface area (Å²) in [4.78, 5) is 11.4. The highest BCUT2D eigenvalue weighted by Gasteiger charge is 2.36. The molecule has 3 aromatic rings. The maximum absolute atomic E-state index is 12.8. The predicted molar refractivity (Wildman–Crippen MR) is 97.3 cm³/mol. The van der Waals surface area contributed by atoms with Crippen molar-refractivity contribution in [2.45, 2.75) is 18.6 Å². The van der Waals surface area contributed by atoms with Crippen LogP contribution < -0.4 is 10.1 Å². The van der Waals surface area contributed by atoms with E-state index in [4.69, 9.17) is 9.47 Å². The fourth-order valence-corrected chi connectivity index (χ4v) is 3.17. The summed E-state index contributed by atoms with van der Waals surface area (Å²) in [6.45, 7) is 2.12. The normalized spacial score (nSPS) is 19.4. The Balaban J connectivity index is 1.61. The molecule has 4 rings (SSSR count). The number of carbonyl (C=O) groups excluding carboxylic acids is 1. The van der Waals surface area contributed by atoms with E-state index in [2.05, 4.69) is 5.32 Å². The molecule has 1 fully saturated rings. The highest BCUT2D eigenvalue weighted by molar-refractivity contribution is 5.85. The Morgan fingerprint density at radius 1 is 1.00 bits per heavy atom. The molecule has 28 heavy (non-hydrogen) atoms. The first-order valence-electron chi connectivity index (χ1n) is 8.57. The van der Waals surface area contributed by atoms with Crippen LogP contribution in [-0.2, 0) is 16.5 Å². The Bertz CT molecular complexity index is 1060. The summed E-state index contributed by atoms with van der Waals surface area (Å²) < 4.78 is 49.1. The van der Waals surface area contributed by atoms with Gasteiger partial charge in [-0.25, -0.2) is 4.79 Å². The standard InChI is InChI=1S/C21H16F3NO3/c1-20(12-27-19(26)25-20)15-7-5-14-10-18(8-6-13(14)9-15)28-17-4-2-3-16(11-17)21(22,23)24/h2-11H,12H2,1H3,(H,25,26). The third-order valence-corrected chi connectivity index (χ3v) is 4.72. The minimum atomic E-state index is -4.42. The van der Waals surface area contributed by atoms with Crippen LogP contribution in [0, 0.1) is 0 Å².